The van der Waals surface area contributed by atoms with E-state index in [1.165, 1.54) is 0 Å². The van der Waals surface area contributed by atoms with E-state index in [9.17, 15) is 9.59 Å². The van der Waals surface area contributed by atoms with E-state index in [0.29, 0.717) is 6.42 Å². The van der Waals surface area contributed by atoms with Crippen molar-refractivity contribution in [3.8, 4) is 11.8 Å². The number of carbonyl (C=O) groups is 2. The van der Waals surface area contributed by atoms with Crippen LogP contribution in [0.4, 0.5) is 16.2 Å². The van der Waals surface area contributed by atoms with E-state index in [1.54, 1.807) is 0 Å². The van der Waals surface area contributed by atoms with Crippen molar-refractivity contribution in [1.29, 1.82) is 0 Å². The van der Waals surface area contributed by atoms with Crippen molar-refractivity contribution in [2.75, 3.05) is 23.3 Å². The molecule has 1 heterocycles. The van der Waals surface area contributed by atoms with Crippen LogP contribution in [0.2, 0.25) is 0 Å². The molecule has 138 valence electrons. The Kier molecular flexibility index (Phi) is 6.11. The zero-order valence-electron chi connectivity index (χ0n) is 15.4. The number of rotatable bonds is 3. The van der Waals surface area contributed by atoms with Crippen molar-refractivity contribution >= 4 is 23.3 Å². The molecule has 0 unspecified atom stereocenters. The van der Waals surface area contributed by atoms with E-state index in [4.69, 9.17) is 0 Å². The van der Waals surface area contributed by atoms with Crippen LogP contribution in [0.25, 0.3) is 0 Å². The lowest BCUT2D eigenvalue weighted by molar-refractivity contribution is -0.119. The van der Waals surface area contributed by atoms with Gasteiger partial charge in [0.1, 0.15) is 0 Å². The molecule has 0 spiro atoms. The van der Waals surface area contributed by atoms with Gasteiger partial charge in [0.05, 0.1) is 6.54 Å². The summed E-state index contributed by atoms with van der Waals surface area (Å²) < 4.78 is 0. The fraction of sp³-hybridized carbons (Fsp3) is 0.273. The van der Waals surface area contributed by atoms with Gasteiger partial charge in [0.2, 0.25) is 5.91 Å². The summed E-state index contributed by atoms with van der Waals surface area (Å²) in [4.78, 5) is 25.6. The first-order valence-electron chi connectivity index (χ1n) is 9.13. The molecular weight excluding hydrogens is 338 g/mol. The highest BCUT2D eigenvalue weighted by Crippen LogP contribution is 2.21. The molecule has 2 N–H and O–H groups in total. The summed E-state index contributed by atoms with van der Waals surface area (Å²) in [6.45, 7) is 3.01. The normalized spacial score (nSPS) is 13.5. The lowest BCUT2D eigenvalue weighted by Gasteiger charge is -2.26. The first kappa shape index (κ1) is 18.5. The van der Waals surface area contributed by atoms with Gasteiger partial charge in [-0.3, -0.25) is 4.79 Å². The number of aryl methyl sites for hydroxylation is 1. The number of anilines is 2. The Bertz CT molecular complexity index is 878. The fourth-order valence-corrected chi connectivity index (χ4v) is 2.97. The van der Waals surface area contributed by atoms with Gasteiger partial charge in [-0.1, -0.05) is 24.0 Å². The van der Waals surface area contributed by atoms with Crippen LogP contribution in [0.1, 0.15) is 30.4 Å². The molecule has 0 radical (unpaired) electrons. The number of piperidine rings is 1. The molecule has 0 aromatic heterocycles. The van der Waals surface area contributed by atoms with E-state index in [1.807, 2.05) is 60.4 Å². The summed E-state index contributed by atoms with van der Waals surface area (Å²) >= 11 is 0. The van der Waals surface area contributed by atoms with Crippen molar-refractivity contribution in [1.82, 2.24) is 5.32 Å². The number of hydrogen-bond donors (Lipinski definition) is 2. The summed E-state index contributed by atoms with van der Waals surface area (Å²) in [5, 5.41) is 5.49. The smallest absolute Gasteiger partial charge is 0.319 e. The molecule has 1 saturated heterocycles. The number of carbonyl (C=O) groups excluding carboxylic acids is 2. The Morgan fingerprint density at radius 3 is 2.70 bits per heavy atom. The van der Waals surface area contributed by atoms with Gasteiger partial charge in [0, 0.05) is 29.9 Å². The maximum atomic E-state index is 12.0. The van der Waals surface area contributed by atoms with Gasteiger partial charge >= 0.3 is 6.03 Å². The SMILES string of the molecule is Cc1cccc(NC(=O)NCC#Cc2ccc(N3CCCCC3=O)cc2)c1. The van der Waals surface area contributed by atoms with Crippen LogP contribution in [-0.4, -0.2) is 25.0 Å². The molecule has 1 fully saturated rings. The fourth-order valence-electron chi connectivity index (χ4n) is 2.97. The van der Waals surface area contributed by atoms with Crippen molar-refractivity contribution in [2.45, 2.75) is 26.2 Å². The highest BCUT2D eigenvalue weighted by molar-refractivity contribution is 5.94. The molecule has 0 bridgehead atoms. The topological polar surface area (TPSA) is 61.4 Å². The van der Waals surface area contributed by atoms with E-state index in [2.05, 4.69) is 22.5 Å². The van der Waals surface area contributed by atoms with Gasteiger partial charge in [-0.15, -0.1) is 0 Å². The number of benzene rings is 2. The number of amides is 3. The second kappa shape index (κ2) is 8.91. The Balaban J connectivity index is 1.49. The zero-order chi connectivity index (χ0) is 19.1. The minimum Gasteiger partial charge on any atom is -0.327 e. The Morgan fingerprint density at radius 1 is 1.15 bits per heavy atom. The Hall–Kier alpha value is -3.26. The van der Waals surface area contributed by atoms with Crippen molar-refractivity contribution in [3.05, 3.63) is 59.7 Å². The minimum atomic E-state index is -0.283. The minimum absolute atomic E-state index is 0.184. The van der Waals surface area contributed by atoms with Gasteiger partial charge in [-0.25, -0.2) is 4.79 Å². The van der Waals surface area contributed by atoms with Crippen LogP contribution < -0.4 is 15.5 Å². The van der Waals surface area contributed by atoms with Gasteiger partial charge in [-0.05, 0) is 61.7 Å². The number of nitrogens with one attached hydrogen (secondary N) is 2. The van der Waals surface area contributed by atoms with Gasteiger partial charge in [0.15, 0.2) is 0 Å². The highest BCUT2D eigenvalue weighted by Gasteiger charge is 2.19. The van der Waals surface area contributed by atoms with Crippen LogP contribution in [0, 0.1) is 18.8 Å². The Labute approximate surface area is 159 Å². The average Bonchev–Trinajstić information content (AvgIpc) is 2.66. The molecule has 1 aliphatic rings. The molecule has 3 amide bonds. The number of nitrogens with zero attached hydrogens (tertiary/aromatic N) is 1. The van der Waals surface area contributed by atoms with Crippen LogP contribution in [0.3, 0.4) is 0 Å². The second-order valence-corrected chi connectivity index (χ2v) is 6.53. The maximum absolute atomic E-state index is 12.0. The van der Waals surface area contributed by atoms with Crippen molar-refractivity contribution in [2.24, 2.45) is 0 Å². The lowest BCUT2D eigenvalue weighted by atomic mass is 10.1. The molecule has 2 aromatic rings. The Morgan fingerprint density at radius 2 is 1.96 bits per heavy atom. The molecular formula is C22H23N3O2. The summed E-state index contributed by atoms with van der Waals surface area (Å²) in [6, 6.07) is 15.0. The number of hydrogen-bond acceptors (Lipinski definition) is 2. The monoisotopic (exact) mass is 361 g/mol. The standard InChI is InChI=1S/C22H23N3O2/c1-17-6-4-8-19(16-17)24-22(27)23-14-5-7-18-10-12-20(13-11-18)25-15-3-2-9-21(25)26/h4,6,8,10-13,16H,2-3,9,14-15H2,1H3,(H2,23,24,27). The van der Waals surface area contributed by atoms with E-state index < -0.39 is 0 Å². The van der Waals surface area contributed by atoms with E-state index >= 15 is 0 Å². The molecule has 5 nitrogen and oxygen atoms in total. The predicted octanol–water partition coefficient (Wildman–Crippen LogP) is 3.69. The third-order valence-electron chi connectivity index (χ3n) is 4.35. The first-order valence-corrected chi connectivity index (χ1v) is 9.13. The molecule has 27 heavy (non-hydrogen) atoms. The summed E-state index contributed by atoms with van der Waals surface area (Å²) in [6.07, 6.45) is 2.64. The average molecular weight is 361 g/mol. The molecule has 0 saturated carbocycles. The van der Waals surface area contributed by atoms with Gasteiger partial charge < -0.3 is 15.5 Å². The molecule has 2 aromatic carbocycles. The quantitative estimate of drug-likeness (QED) is 0.819. The molecule has 3 rings (SSSR count). The summed E-state index contributed by atoms with van der Waals surface area (Å²) in [5.74, 6) is 6.14. The van der Waals surface area contributed by atoms with Crippen LogP contribution >= 0.6 is 0 Å². The highest BCUT2D eigenvalue weighted by atomic mass is 16.2. The van der Waals surface area contributed by atoms with Gasteiger partial charge in [0.25, 0.3) is 0 Å². The number of urea groups is 1. The van der Waals surface area contributed by atoms with Crippen LogP contribution in [-0.2, 0) is 4.79 Å². The maximum Gasteiger partial charge on any atom is 0.319 e. The molecule has 0 atom stereocenters. The summed E-state index contributed by atoms with van der Waals surface area (Å²) in [7, 11) is 0. The molecule has 0 aliphatic carbocycles. The summed E-state index contributed by atoms with van der Waals surface area (Å²) in [5.41, 5.74) is 3.61. The third kappa shape index (κ3) is 5.35. The van der Waals surface area contributed by atoms with E-state index in [0.717, 1.165) is 41.9 Å². The largest absolute Gasteiger partial charge is 0.327 e. The van der Waals surface area contributed by atoms with Gasteiger partial charge in [-0.2, -0.15) is 0 Å². The van der Waals surface area contributed by atoms with E-state index in [-0.39, 0.29) is 18.5 Å². The van der Waals surface area contributed by atoms with Crippen LogP contribution in [0.15, 0.2) is 48.5 Å². The predicted molar refractivity (Wildman–Crippen MR) is 108 cm³/mol. The third-order valence-corrected chi connectivity index (χ3v) is 4.35. The molecule has 1 aliphatic heterocycles. The zero-order valence-corrected chi connectivity index (χ0v) is 15.4. The lowest BCUT2D eigenvalue weighted by Crippen LogP contribution is -2.35. The van der Waals surface area contributed by atoms with Crippen LogP contribution in [0.5, 0.6) is 0 Å². The van der Waals surface area contributed by atoms with Crippen molar-refractivity contribution < 1.29 is 9.59 Å². The van der Waals surface area contributed by atoms with Crippen molar-refractivity contribution in [3.63, 3.8) is 0 Å². The first-order chi connectivity index (χ1) is 13.1. The molecule has 5 heteroatoms. The second-order valence-electron chi connectivity index (χ2n) is 6.53.